The number of hydrogen-bond donors (Lipinski definition) is 0. The Labute approximate surface area is 124 Å². The lowest BCUT2D eigenvalue weighted by molar-refractivity contribution is -0.119. The fourth-order valence-electron chi connectivity index (χ4n) is 2.10. The molecule has 0 aliphatic heterocycles. The minimum absolute atomic E-state index is 0.135. The van der Waals surface area contributed by atoms with Crippen LogP contribution in [0.15, 0.2) is 18.2 Å². The number of Topliss-reactive ketones (excluding diaryl/α,β-unsaturated/α-hetero) is 1. The van der Waals surface area contributed by atoms with Crippen LogP contribution in [0.1, 0.15) is 56.9 Å². The van der Waals surface area contributed by atoms with Crippen LogP contribution in [0.25, 0.3) is 0 Å². The summed E-state index contributed by atoms with van der Waals surface area (Å²) in [5.41, 5.74) is 0.397. The predicted octanol–water partition coefficient (Wildman–Crippen LogP) is 5.02. The first-order valence-corrected chi connectivity index (χ1v) is 7.35. The minimum Gasteiger partial charge on any atom is -0.298 e. The molecular weight excluding hydrogens is 277 g/mol. The number of nitriles is 1. The summed E-state index contributed by atoms with van der Waals surface area (Å²) in [6.45, 7) is 2.13. The molecule has 0 aliphatic rings. The van der Waals surface area contributed by atoms with Crippen molar-refractivity contribution >= 4 is 17.4 Å². The van der Waals surface area contributed by atoms with Crippen LogP contribution in [-0.4, -0.2) is 5.78 Å². The van der Waals surface area contributed by atoms with Crippen LogP contribution in [0, 0.1) is 17.1 Å². The van der Waals surface area contributed by atoms with E-state index in [9.17, 15) is 9.18 Å². The summed E-state index contributed by atoms with van der Waals surface area (Å²) in [7, 11) is 0. The van der Waals surface area contributed by atoms with Crippen molar-refractivity contribution in [2.45, 2.75) is 51.4 Å². The highest BCUT2D eigenvalue weighted by Gasteiger charge is 2.22. The predicted molar refractivity (Wildman–Crippen MR) is 78.1 cm³/mol. The lowest BCUT2D eigenvalue weighted by Gasteiger charge is -2.10. The van der Waals surface area contributed by atoms with Gasteiger partial charge in [0.15, 0.2) is 5.78 Å². The Kier molecular flexibility index (Phi) is 7.25. The van der Waals surface area contributed by atoms with E-state index in [-0.39, 0.29) is 10.8 Å². The van der Waals surface area contributed by atoms with Crippen LogP contribution in [-0.2, 0) is 4.79 Å². The number of ketones is 1. The molecular formula is C16H19ClFNO. The zero-order valence-corrected chi connectivity index (χ0v) is 12.4. The van der Waals surface area contributed by atoms with Gasteiger partial charge in [0.25, 0.3) is 0 Å². The highest BCUT2D eigenvalue weighted by Crippen LogP contribution is 2.27. The number of rotatable bonds is 8. The number of halogens is 2. The number of hydrogen-bond acceptors (Lipinski definition) is 2. The Morgan fingerprint density at radius 3 is 2.65 bits per heavy atom. The van der Waals surface area contributed by atoms with Gasteiger partial charge in [-0.25, -0.2) is 4.39 Å². The Bertz CT molecular complexity index is 496. The lowest BCUT2D eigenvalue weighted by atomic mass is 9.92. The van der Waals surface area contributed by atoms with Gasteiger partial charge in [-0.05, 0) is 24.1 Å². The SMILES string of the molecule is CCCCCCCC(=O)C(C#N)c1ccc(F)cc1Cl. The van der Waals surface area contributed by atoms with Crippen LogP contribution < -0.4 is 0 Å². The molecule has 1 rings (SSSR count). The summed E-state index contributed by atoms with van der Waals surface area (Å²) >= 11 is 5.91. The number of nitrogens with zero attached hydrogens (tertiary/aromatic N) is 1. The summed E-state index contributed by atoms with van der Waals surface area (Å²) in [5, 5.41) is 9.30. The van der Waals surface area contributed by atoms with E-state index < -0.39 is 11.7 Å². The van der Waals surface area contributed by atoms with Gasteiger partial charge in [-0.1, -0.05) is 50.3 Å². The van der Waals surface area contributed by atoms with Crippen molar-refractivity contribution < 1.29 is 9.18 Å². The first-order valence-electron chi connectivity index (χ1n) is 6.97. The first kappa shape index (κ1) is 16.7. The summed E-state index contributed by atoms with van der Waals surface area (Å²) in [6.07, 6.45) is 5.58. The van der Waals surface area contributed by atoms with Crippen LogP contribution >= 0.6 is 11.6 Å². The zero-order chi connectivity index (χ0) is 15.0. The highest BCUT2D eigenvalue weighted by molar-refractivity contribution is 6.31. The molecule has 0 fully saturated rings. The van der Waals surface area contributed by atoms with Gasteiger partial charge >= 0.3 is 0 Å². The average Bonchev–Trinajstić information content (AvgIpc) is 2.41. The van der Waals surface area contributed by atoms with E-state index in [1.807, 2.05) is 6.07 Å². The molecule has 0 aliphatic carbocycles. The standard InChI is InChI=1S/C16H19ClFNO/c1-2-3-4-5-6-7-16(20)14(11-19)13-9-8-12(18)10-15(13)17/h8-10,14H,2-7H2,1H3. The Morgan fingerprint density at radius 1 is 1.35 bits per heavy atom. The molecule has 1 atom stereocenters. The third kappa shape index (κ3) is 4.94. The molecule has 20 heavy (non-hydrogen) atoms. The van der Waals surface area contributed by atoms with Gasteiger partial charge in [0, 0.05) is 11.4 Å². The summed E-state index contributed by atoms with van der Waals surface area (Å²) in [5.74, 6) is -1.51. The topological polar surface area (TPSA) is 40.9 Å². The molecule has 0 saturated carbocycles. The maximum atomic E-state index is 13.0. The van der Waals surface area contributed by atoms with Crippen molar-refractivity contribution in [3.8, 4) is 6.07 Å². The quantitative estimate of drug-likeness (QED) is 0.632. The van der Waals surface area contributed by atoms with Gasteiger partial charge in [-0.3, -0.25) is 4.79 Å². The summed E-state index contributed by atoms with van der Waals surface area (Å²) < 4.78 is 13.0. The molecule has 1 unspecified atom stereocenters. The van der Waals surface area contributed by atoms with E-state index >= 15 is 0 Å². The molecule has 0 bridgehead atoms. The highest BCUT2D eigenvalue weighted by atomic mass is 35.5. The van der Waals surface area contributed by atoms with E-state index in [0.717, 1.165) is 31.7 Å². The van der Waals surface area contributed by atoms with Gasteiger partial charge in [-0.15, -0.1) is 0 Å². The normalized spacial score (nSPS) is 11.9. The molecule has 2 nitrogen and oxygen atoms in total. The molecule has 0 saturated heterocycles. The number of carbonyl (C=O) groups is 1. The average molecular weight is 296 g/mol. The molecule has 0 spiro atoms. The first-order chi connectivity index (χ1) is 9.60. The molecule has 0 aromatic heterocycles. The zero-order valence-electron chi connectivity index (χ0n) is 11.7. The summed E-state index contributed by atoms with van der Waals surface area (Å²) in [4.78, 5) is 12.1. The van der Waals surface area contributed by atoms with Crippen LogP contribution in [0.3, 0.4) is 0 Å². The maximum absolute atomic E-state index is 13.0. The molecule has 1 aromatic rings. The van der Waals surface area contributed by atoms with Crippen molar-refractivity contribution in [3.05, 3.63) is 34.6 Å². The second-order valence-corrected chi connectivity index (χ2v) is 5.27. The third-order valence-electron chi connectivity index (χ3n) is 3.25. The molecule has 108 valence electrons. The van der Waals surface area contributed by atoms with Gasteiger partial charge in [-0.2, -0.15) is 5.26 Å². The maximum Gasteiger partial charge on any atom is 0.154 e. The largest absolute Gasteiger partial charge is 0.298 e. The van der Waals surface area contributed by atoms with Crippen molar-refractivity contribution in [2.24, 2.45) is 0 Å². The van der Waals surface area contributed by atoms with Crippen molar-refractivity contribution in [1.29, 1.82) is 5.26 Å². The third-order valence-corrected chi connectivity index (χ3v) is 3.58. The van der Waals surface area contributed by atoms with Crippen LogP contribution in [0.5, 0.6) is 0 Å². The second kappa shape index (κ2) is 8.71. The molecule has 0 heterocycles. The van der Waals surface area contributed by atoms with Gasteiger partial charge in [0.05, 0.1) is 6.07 Å². The van der Waals surface area contributed by atoms with Gasteiger partial charge in [0.1, 0.15) is 11.7 Å². The number of unbranched alkanes of at least 4 members (excludes halogenated alkanes) is 4. The Hall–Kier alpha value is -1.40. The van der Waals surface area contributed by atoms with E-state index in [1.54, 1.807) is 0 Å². The Morgan fingerprint density at radius 2 is 2.05 bits per heavy atom. The van der Waals surface area contributed by atoms with E-state index in [0.29, 0.717) is 12.0 Å². The fourth-order valence-corrected chi connectivity index (χ4v) is 2.37. The molecule has 4 heteroatoms. The van der Waals surface area contributed by atoms with Crippen molar-refractivity contribution in [2.75, 3.05) is 0 Å². The van der Waals surface area contributed by atoms with Crippen LogP contribution in [0.2, 0.25) is 5.02 Å². The number of benzene rings is 1. The van der Waals surface area contributed by atoms with Crippen molar-refractivity contribution in [3.63, 3.8) is 0 Å². The van der Waals surface area contributed by atoms with Crippen LogP contribution in [0.4, 0.5) is 4.39 Å². The smallest absolute Gasteiger partial charge is 0.154 e. The Balaban J connectivity index is 2.62. The van der Waals surface area contributed by atoms with E-state index in [1.165, 1.54) is 18.6 Å². The van der Waals surface area contributed by atoms with Gasteiger partial charge in [0.2, 0.25) is 0 Å². The summed E-state index contributed by atoms with van der Waals surface area (Å²) in [6, 6.07) is 5.75. The van der Waals surface area contributed by atoms with Crippen molar-refractivity contribution in [1.82, 2.24) is 0 Å². The molecule has 0 amide bonds. The molecule has 1 aromatic carbocycles. The number of carbonyl (C=O) groups excluding carboxylic acids is 1. The second-order valence-electron chi connectivity index (χ2n) is 4.86. The van der Waals surface area contributed by atoms with Gasteiger partial charge < -0.3 is 0 Å². The molecule has 0 radical (unpaired) electrons. The monoisotopic (exact) mass is 295 g/mol. The lowest BCUT2D eigenvalue weighted by Crippen LogP contribution is -2.11. The minimum atomic E-state index is -0.894. The fraction of sp³-hybridized carbons (Fsp3) is 0.500. The van der Waals surface area contributed by atoms with E-state index in [4.69, 9.17) is 16.9 Å². The molecule has 0 N–H and O–H groups in total. The van der Waals surface area contributed by atoms with E-state index in [2.05, 4.69) is 6.92 Å².